The Hall–Kier alpha value is -3.77. The number of carbonyl (C=O) groups is 2. The van der Waals surface area contributed by atoms with Crippen LogP contribution in [0.5, 0.6) is 11.5 Å². The molecule has 3 aromatic carbocycles. The number of rotatable bonds is 4. The highest BCUT2D eigenvalue weighted by molar-refractivity contribution is 6.51. The highest BCUT2D eigenvalue weighted by Crippen LogP contribution is 2.44. The van der Waals surface area contributed by atoms with Crippen molar-refractivity contribution in [1.29, 1.82) is 0 Å². The Morgan fingerprint density at radius 3 is 2.42 bits per heavy atom. The first-order valence-electron chi connectivity index (χ1n) is 9.41. The summed E-state index contributed by atoms with van der Waals surface area (Å²) in [5.41, 5.74) is 1.22. The number of carbonyl (C=O) groups excluding carboxylic acids is 2. The van der Waals surface area contributed by atoms with E-state index >= 15 is 0 Å². The van der Waals surface area contributed by atoms with Gasteiger partial charge in [0.25, 0.3) is 11.7 Å². The zero-order valence-electron chi connectivity index (χ0n) is 16.4. The Bertz CT molecular complexity index is 1210. The van der Waals surface area contributed by atoms with Crippen LogP contribution in [0.15, 0.2) is 78.4 Å². The summed E-state index contributed by atoms with van der Waals surface area (Å²) in [6.45, 7) is 0. The molecule has 0 aliphatic carbocycles. The minimum absolute atomic E-state index is 0.0658. The molecule has 1 saturated heterocycles. The molecule has 2 N–H and O–H groups in total. The van der Waals surface area contributed by atoms with Gasteiger partial charge in [0.2, 0.25) is 0 Å². The third-order valence-corrected chi connectivity index (χ3v) is 5.33. The molecular weight excluding hydrogens is 418 g/mol. The van der Waals surface area contributed by atoms with Crippen LogP contribution < -0.4 is 9.64 Å². The number of nitrogens with zero attached hydrogens (tertiary/aromatic N) is 1. The summed E-state index contributed by atoms with van der Waals surface area (Å²) in [7, 11) is 1.40. The van der Waals surface area contributed by atoms with Gasteiger partial charge in [-0.05, 0) is 35.9 Å². The molecule has 1 unspecified atom stereocenters. The number of phenols is 1. The van der Waals surface area contributed by atoms with E-state index in [1.54, 1.807) is 60.7 Å². The van der Waals surface area contributed by atoms with Gasteiger partial charge < -0.3 is 14.9 Å². The number of aliphatic hydroxyl groups is 1. The van der Waals surface area contributed by atoms with Crippen molar-refractivity contribution in [1.82, 2.24) is 0 Å². The number of Topliss-reactive ketones (excluding diaryl/α,β-unsaturated/α-hetero) is 1. The molecule has 0 bridgehead atoms. The molecule has 156 valence electrons. The third kappa shape index (κ3) is 3.62. The van der Waals surface area contributed by atoms with Crippen molar-refractivity contribution in [2.45, 2.75) is 6.04 Å². The normalized spacial score (nSPS) is 17.7. The second kappa shape index (κ2) is 8.16. The van der Waals surface area contributed by atoms with E-state index < -0.39 is 17.7 Å². The Morgan fingerprint density at radius 2 is 1.74 bits per heavy atom. The highest BCUT2D eigenvalue weighted by atomic mass is 35.5. The number of ketones is 1. The van der Waals surface area contributed by atoms with Crippen LogP contribution in [0, 0.1) is 0 Å². The summed E-state index contributed by atoms with van der Waals surface area (Å²) >= 11 is 6.13. The molecule has 0 spiro atoms. The average Bonchev–Trinajstić information content (AvgIpc) is 3.05. The van der Waals surface area contributed by atoms with E-state index in [0.29, 0.717) is 21.8 Å². The molecule has 31 heavy (non-hydrogen) atoms. The summed E-state index contributed by atoms with van der Waals surface area (Å²) in [6.07, 6.45) is 0. The fourth-order valence-corrected chi connectivity index (χ4v) is 3.84. The van der Waals surface area contributed by atoms with E-state index in [1.165, 1.54) is 24.1 Å². The summed E-state index contributed by atoms with van der Waals surface area (Å²) in [5.74, 6) is -1.82. The Morgan fingerprint density at radius 1 is 1.00 bits per heavy atom. The second-order valence-corrected chi connectivity index (χ2v) is 7.38. The van der Waals surface area contributed by atoms with E-state index in [0.717, 1.165) is 0 Å². The van der Waals surface area contributed by atoms with Crippen LogP contribution in [0.3, 0.4) is 0 Å². The second-order valence-electron chi connectivity index (χ2n) is 6.95. The standard InChI is InChI=1S/C24H18ClNO5/c1-31-19-12-15(10-11-18(19)27)21-20(22(28)14-6-3-2-4-7-14)23(29)24(30)26(21)17-9-5-8-16(25)13-17/h2-13,21,27-28H,1H3/b22-20+. The van der Waals surface area contributed by atoms with Crippen LogP contribution in [0.1, 0.15) is 17.2 Å². The fourth-order valence-electron chi connectivity index (χ4n) is 3.66. The van der Waals surface area contributed by atoms with Crippen molar-refractivity contribution in [3.63, 3.8) is 0 Å². The molecule has 3 aromatic rings. The number of phenolic OH excluding ortho intramolecular Hbond substituents is 1. The zero-order valence-corrected chi connectivity index (χ0v) is 17.2. The molecule has 0 saturated carbocycles. The maximum absolute atomic E-state index is 13.1. The van der Waals surface area contributed by atoms with Gasteiger partial charge >= 0.3 is 0 Å². The first-order valence-corrected chi connectivity index (χ1v) is 9.79. The van der Waals surface area contributed by atoms with Gasteiger partial charge in [-0.15, -0.1) is 0 Å². The van der Waals surface area contributed by atoms with Crippen molar-refractivity contribution in [2.24, 2.45) is 0 Å². The smallest absolute Gasteiger partial charge is 0.300 e. The van der Waals surface area contributed by atoms with Gasteiger partial charge in [0.1, 0.15) is 5.76 Å². The van der Waals surface area contributed by atoms with Gasteiger partial charge in [0, 0.05) is 16.3 Å². The number of benzene rings is 3. The first-order chi connectivity index (χ1) is 14.9. The molecule has 7 heteroatoms. The third-order valence-electron chi connectivity index (χ3n) is 5.10. The lowest BCUT2D eigenvalue weighted by Crippen LogP contribution is -2.29. The lowest BCUT2D eigenvalue weighted by Gasteiger charge is -2.26. The van der Waals surface area contributed by atoms with Gasteiger partial charge in [0.15, 0.2) is 11.5 Å². The molecule has 0 aromatic heterocycles. The van der Waals surface area contributed by atoms with E-state index in [4.69, 9.17) is 16.3 Å². The lowest BCUT2D eigenvalue weighted by molar-refractivity contribution is -0.132. The lowest BCUT2D eigenvalue weighted by atomic mass is 9.95. The van der Waals surface area contributed by atoms with Crippen LogP contribution in [0.4, 0.5) is 5.69 Å². The van der Waals surface area contributed by atoms with Gasteiger partial charge in [-0.1, -0.05) is 54.1 Å². The number of anilines is 1. The zero-order chi connectivity index (χ0) is 22.1. The van der Waals surface area contributed by atoms with Crippen molar-refractivity contribution in [3.05, 3.63) is 94.5 Å². The number of hydrogen-bond donors (Lipinski definition) is 2. The summed E-state index contributed by atoms with van der Waals surface area (Å²) in [5, 5.41) is 21.4. The number of aliphatic hydroxyl groups excluding tert-OH is 1. The molecule has 1 aliphatic heterocycles. The molecular formula is C24H18ClNO5. The van der Waals surface area contributed by atoms with Crippen molar-refractivity contribution >= 4 is 34.7 Å². The summed E-state index contributed by atoms with van der Waals surface area (Å²) < 4.78 is 5.20. The molecule has 1 fully saturated rings. The number of amides is 1. The minimum Gasteiger partial charge on any atom is -0.507 e. The maximum Gasteiger partial charge on any atom is 0.300 e. The number of aromatic hydroxyl groups is 1. The van der Waals surface area contributed by atoms with E-state index in [1.807, 2.05) is 0 Å². The minimum atomic E-state index is -0.951. The number of halogens is 1. The number of ether oxygens (including phenoxy) is 1. The van der Waals surface area contributed by atoms with Crippen LogP contribution in [0.25, 0.3) is 5.76 Å². The molecule has 1 heterocycles. The largest absolute Gasteiger partial charge is 0.507 e. The van der Waals surface area contributed by atoms with Gasteiger partial charge in [0.05, 0.1) is 18.7 Å². The highest BCUT2D eigenvalue weighted by Gasteiger charge is 2.47. The van der Waals surface area contributed by atoms with Crippen molar-refractivity contribution in [2.75, 3.05) is 12.0 Å². The van der Waals surface area contributed by atoms with Crippen molar-refractivity contribution in [3.8, 4) is 11.5 Å². The Balaban J connectivity index is 1.98. The Kier molecular flexibility index (Phi) is 5.40. The summed E-state index contributed by atoms with van der Waals surface area (Å²) in [4.78, 5) is 27.4. The van der Waals surface area contributed by atoms with Gasteiger partial charge in [-0.3, -0.25) is 14.5 Å². The van der Waals surface area contributed by atoms with E-state index in [9.17, 15) is 19.8 Å². The molecule has 1 aliphatic rings. The molecule has 4 rings (SSSR count). The Labute approximate surface area is 183 Å². The average molecular weight is 436 g/mol. The van der Waals surface area contributed by atoms with Gasteiger partial charge in [-0.2, -0.15) is 0 Å². The fraction of sp³-hybridized carbons (Fsp3) is 0.0833. The van der Waals surface area contributed by atoms with E-state index in [-0.39, 0.29) is 22.8 Å². The quantitative estimate of drug-likeness (QED) is 0.353. The molecule has 1 atom stereocenters. The van der Waals surface area contributed by atoms with Crippen LogP contribution in [-0.4, -0.2) is 29.0 Å². The number of hydrogen-bond acceptors (Lipinski definition) is 5. The predicted molar refractivity (Wildman–Crippen MR) is 117 cm³/mol. The first kappa shape index (κ1) is 20.5. The molecule has 6 nitrogen and oxygen atoms in total. The molecule has 0 radical (unpaired) electrons. The van der Waals surface area contributed by atoms with Gasteiger partial charge in [-0.25, -0.2) is 0 Å². The SMILES string of the molecule is COc1cc(C2/C(=C(\O)c3ccccc3)C(=O)C(=O)N2c2cccc(Cl)c2)ccc1O. The topological polar surface area (TPSA) is 87.1 Å². The van der Waals surface area contributed by atoms with Crippen molar-refractivity contribution < 1.29 is 24.5 Å². The monoisotopic (exact) mass is 435 g/mol. The van der Waals surface area contributed by atoms with Crippen LogP contribution >= 0.6 is 11.6 Å². The summed E-state index contributed by atoms with van der Waals surface area (Å²) in [6, 6.07) is 18.6. The van der Waals surface area contributed by atoms with E-state index in [2.05, 4.69) is 0 Å². The number of methoxy groups -OCH3 is 1. The molecule has 1 amide bonds. The van der Waals surface area contributed by atoms with Crippen LogP contribution in [-0.2, 0) is 9.59 Å². The predicted octanol–water partition coefficient (Wildman–Crippen LogP) is 4.68. The maximum atomic E-state index is 13.1. The van der Waals surface area contributed by atoms with Crippen LogP contribution in [0.2, 0.25) is 5.02 Å².